The summed E-state index contributed by atoms with van der Waals surface area (Å²) in [4.78, 5) is 30.0. The van der Waals surface area contributed by atoms with Crippen LogP contribution in [-0.4, -0.2) is 34.3 Å². The molecular formula is C23H21N3O3S. The molecule has 0 atom stereocenters. The van der Waals surface area contributed by atoms with Crippen LogP contribution in [0.2, 0.25) is 0 Å². The van der Waals surface area contributed by atoms with E-state index in [1.54, 1.807) is 35.8 Å². The standard InChI is InChI=1S/C23H21N3O3S/c1-4-16-12-9-13-18(14-16)21(27)24-20-19(22(28)29-5-2)26(23(25-20)30-3)15-17-10-7-6-8-11-17/h1,6-14H,5,15H2,2-3H3,(H,24,27). The zero-order valence-electron chi connectivity index (χ0n) is 16.7. The van der Waals surface area contributed by atoms with Gasteiger partial charge in [-0.05, 0) is 36.9 Å². The summed E-state index contributed by atoms with van der Waals surface area (Å²) in [5, 5.41) is 3.34. The summed E-state index contributed by atoms with van der Waals surface area (Å²) in [7, 11) is 0. The minimum atomic E-state index is -0.547. The molecule has 3 aromatic rings. The smallest absolute Gasteiger partial charge is 0.358 e. The van der Waals surface area contributed by atoms with Gasteiger partial charge < -0.3 is 14.6 Å². The third-order valence-corrected chi connectivity index (χ3v) is 4.97. The maximum absolute atomic E-state index is 12.8. The van der Waals surface area contributed by atoms with Crippen molar-refractivity contribution in [2.75, 3.05) is 18.2 Å². The molecule has 0 aliphatic rings. The van der Waals surface area contributed by atoms with E-state index in [4.69, 9.17) is 11.2 Å². The Morgan fingerprint density at radius 3 is 2.63 bits per heavy atom. The van der Waals surface area contributed by atoms with E-state index >= 15 is 0 Å². The molecule has 7 heteroatoms. The maximum atomic E-state index is 12.8. The largest absolute Gasteiger partial charge is 0.461 e. The highest BCUT2D eigenvalue weighted by molar-refractivity contribution is 7.98. The van der Waals surface area contributed by atoms with Gasteiger partial charge in [-0.3, -0.25) is 4.79 Å². The number of anilines is 1. The number of hydrogen-bond donors (Lipinski definition) is 1. The lowest BCUT2D eigenvalue weighted by molar-refractivity contribution is 0.0514. The van der Waals surface area contributed by atoms with Gasteiger partial charge in [0, 0.05) is 11.1 Å². The van der Waals surface area contributed by atoms with Gasteiger partial charge in [0.25, 0.3) is 5.91 Å². The van der Waals surface area contributed by atoms with Gasteiger partial charge in [-0.1, -0.05) is 54.1 Å². The molecule has 3 rings (SSSR count). The molecule has 0 saturated carbocycles. The van der Waals surface area contributed by atoms with Crippen LogP contribution in [0.4, 0.5) is 5.82 Å². The number of carbonyl (C=O) groups is 2. The van der Waals surface area contributed by atoms with Gasteiger partial charge in [0.1, 0.15) is 0 Å². The normalized spacial score (nSPS) is 10.3. The number of carbonyl (C=O) groups excluding carboxylic acids is 2. The van der Waals surface area contributed by atoms with Crippen LogP contribution in [-0.2, 0) is 11.3 Å². The summed E-state index contributed by atoms with van der Waals surface area (Å²) in [5.41, 5.74) is 2.16. The van der Waals surface area contributed by atoms with Crippen LogP contribution in [0.1, 0.15) is 38.9 Å². The Kier molecular flexibility index (Phi) is 6.94. The highest BCUT2D eigenvalue weighted by Gasteiger charge is 2.26. The van der Waals surface area contributed by atoms with Crippen LogP contribution < -0.4 is 5.32 Å². The lowest BCUT2D eigenvalue weighted by Gasteiger charge is -2.11. The molecule has 1 heterocycles. The van der Waals surface area contributed by atoms with E-state index in [0.717, 1.165) is 5.56 Å². The van der Waals surface area contributed by atoms with E-state index in [0.29, 0.717) is 22.8 Å². The molecule has 0 saturated heterocycles. The Morgan fingerprint density at radius 2 is 1.97 bits per heavy atom. The molecule has 152 valence electrons. The summed E-state index contributed by atoms with van der Waals surface area (Å²) in [5.74, 6) is 1.71. The van der Waals surface area contributed by atoms with Crippen LogP contribution >= 0.6 is 11.8 Å². The first-order valence-corrected chi connectivity index (χ1v) is 10.5. The maximum Gasteiger partial charge on any atom is 0.358 e. The second-order valence-corrected chi connectivity index (χ2v) is 7.04. The predicted molar refractivity (Wildman–Crippen MR) is 118 cm³/mol. The second kappa shape index (κ2) is 9.81. The van der Waals surface area contributed by atoms with E-state index in [2.05, 4.69) is 16.2 Å². The Balaban J connectivity index is 2.01. The third kappa shape index (κ3) is 4.73. The summed E-state index contributed by atoms with van der Waals surface area (Å²) >= 11 is 1.38. The number of hydrogen-bond acceptors (Lipinski definition) is 5. The first-order valence-electron chi connectivity index (χ1n) is 9.31. The molecule has 0 radical (unpaired) electrons. The van der Waals surface area contributed by atoms with Gasteiger partial charge in [-0.25, -0.2) is 9.78 Å². The Bertz CT molecular complexity index is 1100. The number of aromatic nitrogens is 2. The zero-order chi connectivity index (χ0) is 21.5. The Hall–Kier alpha value is -3.50. The van der Waals surface area contributed by atoms with Crippen molar-refractivity contribution in [2.45, 2.75) is 18.6 Å². The molecule has 1 aromatic heterocycles. The highest BCUT2D eigenvalue weighted by Crippen LogP contribution is 2.26. The second-order valence-electron chi connectivity index (χ2n) is 6.27. The van der Waals surface area contributed by atoms with E-state index in [1.165, 1.54) is 11.8 Å². The number of benzene rings is 2. The number of nitrogens with one attached hydrogen (secondary N) is 1. The van der Waals surface area contributed by atoms with Crippen LogP contribution in [0.25, 0.3) is 0 Å². The lowest BCUT2D eigenvalue weighted by Crippen LogP contribution is -2.18. The van der Waals surface area contributed by atoms with Crippen molar-refractivity contribution < 1.29 is 14.3 Å². The minimum Gasteiger partial charge on any atom is -0.461 e. The molecule has 1 amide bonds. The first kappa shape index (κ1) is 21.2. The highest BCUT2D eigenvalue weighted by atomic mass is 32.2. The van der Waals surface area contributed by atoms with Crippen molar-refractivity contribution in [3.05, 3.63) is 77.0 Å². The lowest BCUT2D eigenvalue weighted by atomic mass is 10.1. The van der Waals surface area contributed by atoms with Crippen molar-refractivity contribution in [2.24, 2.45) is 0 Å². The first-order chi connectivity index (χ1) is 14.6. The van der Waals surface area contributed by atoms with Gasteiger partial charge >= 0.3 is 5.97 Å². The van der Waals surface area contributed by atoms with Gasteiger partial charge in [-0.2, -0.15) is 0 Å². The molecule has 0 bridgehead atoms. The predicted octanol–water partition coefficient (Wildman–Crippen LogP) is 4.06. The van der Waals surface area contributed by atoms with Gasteiger partial charge in [0.2, 0.25) is 0 Å². The van der Waals surface area contributed by atoms with Crippen molar-refractivity contribution >= 4 is 29.5 Å². The summed E-state index contributed by atoms with van der Waals surface area (Å²) in [6.07, 6.45) is 7.28. The molecule has 0 aliphatic carbocycles. The Morgan fingerprint density at radius 1 is 1.20 bits per heavy atom. The van der Waals surface area contributed by atoms with Crippen LogP contribution in [0.15, 0.2) is 59.8 Å². The van der Waals surface area contributed by atoms with Crippen molar-refractivity contribution in [1.29, 1.82) is 0 Å². The number of imidazole rings is 1. The SMILES string of the molecule is C#Cc1cccc(C(=O)Nc2nc(SC)n(Cc3ccccc3)c2C(=O)OCC)c1. The number of amides is 1. The quantitative estimate of drug-likeness (QED) is 0.355. The van der Waals surface area contributed by atoms with Gasteiger partial charge in [-0.15, -0.1) is 6.42 Å². The average molecular weight is 420 g/mol. The van der Waals surface area contributed by atoms with Crippen molar-refractivity contribution in [3.8, 4) is 12.3 Å². The number of nitrogens with zero attached hydrogens (tertiary/aromatic N) is 2. The number of terminal acetylenes is 1. The van der Waals surface area contributed by atoms with Crippen molar-refractivity contribution in [3.63, 3.8) is 0 Å². The molecular weight excluding hydrogens is 398 g/mol. The fourth-order valence-corrected chi connectivity index (χ4v) is 3.48. The van der Waals surface area contributed by atoms with E-state index in [1.807, 2.05) is 36.6 Å². The molecule has 0 spiro atoms. The number of esters is 1. The molecule has 2 aromatic carbocycles. The Labute approximate surface area is 179 Å². The van der Waals surface area contributed by atoms with Crippen LogP contribution in [0.3, 0.4) is 0 Å². The monoisotopic (exact) mass is 419 g/mol. The molecule has 0 unspecified atom stereocenters. The van der Waals surface area contributed by atoms with E-state index in [-0.39, 0.29) is 18.1 Å². The van der Waals surface area contributed by atoms with Crippen molar-refractivity contribution in [1.82, 2.24) is 9.55 Å². The molecule has 0 aliphatic heterocycles. The summed E-state index contributed by atoms with van der Waals surface area (Å²) in [6.45, 7) is 2.36. The third-order valence-electron chi connectivity index (χ3n) is 4.29. The average Bonchev–Trinajstić information content (AvgIpc) is 3.11. The number of rotatable bonds is 7. The van der Waals surface area contributed by atoms with Crippen LogP contribution in [0, 0.1) is 12.3 Å². The fourth-order valence-electron chi connectivity index (χ4n) is 2.92. The van der Waals surface area contributed by atoms with Gasteiger partial charge in [0.05, 0.1) is 13.2 Å². The molecule has 6 nitrogen and oxygen atoms in total. The van der Waals surface area contributed by atoms with Crippen LogP contribution in [0.5, 0.6) is 0 Å². The zero-order valence-corrected chi connectivity index (χ0v) is 17.5. The molecule has 1 N–H and O–H groups in total. The topological polar surface area (TPSA) is 73.2 Å². The molecule has 0 fully saturated rings. The molecule has 30 heavy (non-hydrogen) atoms. The van der Waals surface area contributed by atoms with Gasteiger partial charge in [0.15, 0.2) is 16.7 Å². The summed E-state index contributed by atoms with van der Waals surface area (Å²) < 4.78 is 7.00. The van der Waals surface area contributed by atoms with E-state index < -0.39 is 11.9 Å². The minimum absolute atomic E-state index is 0.157. The number of thioether (sulfide) groups is 1. The van der Waals surface area contributed by atoms with E-state index in [9.17, 15) is 9.59 Å². The fraction of sp³-hybridized carbons (Fsp3) is 0.174. The number of ether oxygens (including phenoxy) is 1. The summed E-state index contributed by atoms with van der Waals surface area (Å²) in [6, 6.07) is 16.4.